The molecule has 6 heteroatoms. The Bertz CT molecular complexity index is 1190. The second-order valence-corrected chi connectivity index (χ2v) is 7.84. The predicted molar refractivity (Wildman–Crippen MR) is 130 cm³/mol. The lowest BCUT2D eigenvalue weighted by atomic mass is 10.1. The van der Waals surface area contributed by atoms with Crippen molar-refractivity contribution in [3.8, 4) is 17.6 Å². The standard InChI is InChI=1S/C27H28N4O2/c1-32-23-15-11-22(12-16-23)30-26(19-28)21-9-13-24(14-10-21)33-18-6-2-5-17-31-20-29-25-7-3-4-8-27(25)31/h3-4,7-16,20,26,30H,2,5-6,17-18H2,1H3. The monoisotopic (exact) mass is 440 g/mol. The molecule has 6 nitrogen and oxygen atoms in total. The lowest BCUT2D eigenvalue weighted by molar-refractivity contribution is 0.304. The van der Waals surface area contributed by atoms with Gasteiger partial charge in [0, 0.05) is 12.2 Å². The average Bonchev–Trinajstić information content (AvgIpc) is 3.28. The van der Waals surface area contributed by atoms with Crippen molar-refractivity contribution < 1.29 is 9.47 Å². The molecule has 1 heterocycles. The first kappa shape index (κ1) is 22.2. The van der Waals surface area contributed by atoms with Crippen molar-refractivity contribution >= 4 is 16.7 Å². The summed E-state index contributed by atoms with van der Waals surface area (Å²) in [5.41, 5.74) is 3.99. The van der Waals surface area contributed by atoms with Crippen LogP contribution in [0.2, 0.25) is 0 Å². The van der Waals surface area contributed by atoms with Gasteiger partial charge in [-0.25, -0.2) is 4.98 Å². The normalized spacial score (nSPS) is 11.6. The average molecular weight is 441 g/mol. The van der Waals surface area contributed by atoms with Gasteiger partial charge in [0.05, 0.1) is 37.1 Å². The molecule has 168 valence electrons. The lowest BCUT2D eigenvalue weighted by Crippen LogP contribution is -2.08. The number of benzene rings is 3. The number of unbranched alkanes of at least 4 members (excludes halogenated alkanes) is 2. The number of nitrogens with zero attached hydrogens (tertiary/aromatic N) is 3. The molecule has 0 aliphatic heterocycles. The van der Waals surface area contributed by atoms with Crippen molar-refractivity contribution in [1.82, 2.24) is 9.55 Å². The molecule has 0 spiro atoms. The van der Waals surface area contributed by atoms with Crippen LogP contribution < -0.4 is 14.8 Å². The van der Waals surface area contributed by atoms with Gasteiger partial charge in [-0.2, -0.15) is 5.26 Å². The Morgan fingerprint density at radius 2 is 1.70 bits per heavy atom. The fraction of sp³-hybridized carbons (Fsp3) is 0.259. The SMILES string of the molecule is COc1ccc(NC(C#N)c2ccc(OCCCCCn3cnc4ccccc43)cc2)cc1. The second-order valence-electron chi connectivity index (χ2n) is 7.84. The van der Waals surface area contributed by atoms with Gasteiger partial charge in [0.15, 0.2) is 0 Å². The first-order valence-electron chi connectivity index (χ1n) is 11.2. The van der Waals surface area contributed by atoms with E-state index < -0.39 is 6.04 Å². The van der Waals surface area contributed by atoms with Crippen LogP contribution in [0.4, 0.5) is 5.69 Å². The Balaban J connectivity index is 1.20. The Morgan fingerprint density at radius 1 is 0.939 bits per heavy atom. The molecule has 4 rings (SSSR count). The molecule has 0 aliphatic carbocycles. The van der Waals surface area contributed by atoms with Crippen LogP contribution in [0.3, 0.4) is 0 Å². The first-order chi connectivity index (χ1) is 16.3. The fourth-order valence-electron chi connectivity index (χ4n) is 3.74. The third kappa shape index (κ3) is 5.83. The van der Waals surface area contributed by atoms with Crippen molar-refractivity contribution in [1.29, 1.82) is 5.26 Å². The smallest absolute Gasteiger partial charge is 0.140 e. The van der Waals surface area contributed by atoms with Crippen molar-refractivity contribution in [2.75, 3.05) is 19.0 Å². The lowest BCUT2D eigenvalue weighted by Gasteiger charge is -2.14. The number of para-hydroxylation sites is 2. The molecule has 0 amide bonds. The minimum atomic E-state index is -0.438. The number of imidazole rings is 1. The van der Waals surface area contributed by atoms with E-state index in [4.69, 9.17) is 9.47 Å². The molecule has 4 aromatic rings. The quantitative estimate of drug-likeness (QED) is 0.291. The number of ether oxygens (including phenoxy) is 2. The summed E-state index contributed by atoms with van der Waals surface area (Å²) >= 11 is 0. The molecule has 3 aromatic carbocycles. The van der Waals surface area contributed by atoms with Crippen LogP contribution in [0.1, 0.15) is 30.9 Å². The second kappa shape index (κ2) is 11.1. The third-order valence-corrected chi connectivity index (χ3v) is 5.58. The molecule has 0 fully saturated rings. The number of fused-ring (bicyclic) bond motifs is 1. The highest BCUT2D eigenvalue weighted by molar-refractivity contribution is 5.74. The molecule has 33 heavy (non-hydrogen) atoms. The van der Waals surface area contributed by atoms with E-state index in [0.29, 0.717) is 6.61 Å². The molecule has 1 unspecified atom stereocenters. The van der Waals surface area contributed by atoms with E-state index in [1.807, 2.05) is 73.1 Å². The van der Waals surface area contributed by atoms with Gasteiger partial charge in [0.2, 0.25) is 0 Å². The summed E-state index contributed by atoms with van der Waals surface area (Å²) in [5, 5.41) is 12.8. The Hall–Kier alpha value is -3.98. The van der Waals surface area contributed by atoms with Gasteiger partial charge < -0.3 is 19.4 Å². The predicted octanol–water partition coefficient (Wildman–Crippen LogP) is 5.97. The Morgan fingerprint density at radius 3 is 2.45 bits per heavy atom. The van der Waals surface area contributed by atoms with E-state index in [0.717, 1.165) is 54.1 Å². The van der Waals surface area contributed by atoms with Crippen LogP contribution in [-0.2, 0) is 6.54 Å². The largest absolute Gasteiger partial charge is 0.497 e. The van der Waals surface area contributed by atoms with Crippen molar-refractivity contribution in [3.05, 3.63) is 84.7 Å². The number of methoxy groups -OCH3 is 1. The fourth-order valence-corrected chi connectivity index (χ4v) is 3.74. The minimum absolute atomic E-state index is 0.438. The van der Waals surface area contributed by atoms with Crippen molar-refractivity contribution in [3.63, 3.8) is 0 Å². The summed E-state index contributed by atoms with van der Waals surface area (Å²) in [5.74, 6) is 1.60. The van der Waals surface area contributed by atoms with E-state index in [1.54, 1.807) is 7.11 Å². The number of hydrogen-bond donors (Lipinski definition) is 1. The molecule has 0 radical (unpaired) electrons. The van der Waals surface area contributed by atoms with Gasteiger partial charge >= 0.3 is 0 Å². The van der Waals surface area contributed by atoms with Gasteiger partial charge in [-0.3, -0.25) is 0 Å². The van der Waals surface area contributed by atoms with E-state index in [1.165, 1.54) is 5.52 Å². The summed E-state index contributed by atoms with van der Waals surface area (Å²) in [7, 11) is 1.63. The van der Waals surface area contributed by atoms with E-state index in [-0.39, 0.29) is 0 Å². The number of nitrogens with one attached hydrogen (secondary N) is 1. The molecule has 1 aromatic heterocycles. The number of aromatic nitrogens is 2. The van der Waals surface area contributed by atoms with Crippen LogP contribution in [0.25, 0.3) is 11.0 Å². The van der Waals surface area contributed by atoms with Crippen LogP contribution in [0.15, 0.2) is 79.1 Å². The zero-order valence-electron chi connectivity index (χ0n) is 18.8. The molecule has 0 bridgehead atoms. The van der Waals surface area contributed by atoms with Crippen LogP contribution in [-0.4, -0.2) is 23.3 Å². The molecule has 0 saturated carbocycles. The third-order valence-electron chi connectivity index (χ3n) is 5.58. The summed E-state index contributed by atoms with van der Waals surface area (Å²) in [6.45, 7) is 1.64. The van der Waals surface area contributed by atoms with Crippen molar-refractivity contribution in [2.24, 2.45) is 0 Å². The Labute approximate surface area is 194 Å². The van der Waals surface area contributed by atoms with E-state index >= 15 is 0 Å². The molecule has 1 atom stereocenters. The van der Waals surface area contributed by atoms with Gasteiger partial charge in [-0.1, -0.05) is 24.3 Å². The highest BCUT2D eigenvalue weighted by Gasteiger charge is 2.10. The minimum Gasteiger partial charge on any atom is -0.497 e. The summed E-state index contributed by atoms with van der Waals surface area (Å²) < 4.78 is 13.3. The van der Waals surface area contributed by atoms with E-state index in [2.05, 4.69) is 27.0 Å². The number of anilines is 1. The summed E-state index contributed by atoms with van der Waals surface area (Å²) in [4.78, 5) is 4.44. The summed E-state index contributed by atoms with van der Waals surface area (Å²) in [6.07, 6.45) is 5.09. The number of rotatable bonds is 11. The first-order valence-corrected chi connectivity index (χ1v) is 11.2. The molecular formula is C27H28N4O2. The maximum Gasteiger partial charge on any atom is 0.140 e. The number of nitriles is 1. The van der Waals surface area contributed by atoms with Gasteiger partial charge in [-0.05, 0) is 73.4 Å². The highest BCUT2D eigenvalue weighted by Crippen LogP contribution is 2.23. The number of aryl methyl sites for hydroxylation is 1. The molecule has 1 N–H and O–H groups in total. The zero-order valence-corrected chi connectivity index (χ0v) is 18.8. The van der Waals surface area contributed by atoms with Crippen LogP contribution >= 0.6 is 0 Å². The number of hydrogen-bond acceptors (Lipinski definition) is 5. The molecular weight excluding hydrogens is 412 g/mol. The topological polar surface area (TPSA) is 72.1 Å². The van der Waals surface area contributed by atoms with Crippen LogP contribution in [0, 0.1) is 11.3 Å². The molecule has 0 saturated heterocycles. The van der Waals surface area contributed by atoms with E-state index in [9.17, 15) is 5.26 Å². The maximum atomic E-state index is 9.59. The Kier molecular flexibility index (Phi) is 7.44. The highest BCUT2D eigenvalue weighted by atomic mass is 16.5. The zero-order chi connectivity index (χ0) is 22.9. The summed E-state index contributed by atoms with van der Waals surface area (Å²) in [6, 6.07) is 25.3. The molecule has 0 aliphatic rings. The van der Waals surface area contributed by atoms with Gasteiger partial charge in [-0.15, -0.1) is 0 Å². The maximum absolute atomic E-state index is 9.59. The van der Waals surface area contributed by atoms with Crippen LogP contribution in [0.5, 0.6) is 11.5 Å². The van der Waals surface area contributed by atoms with Crippen molar-refractivity contribution in [2.45, 2.75) is 31.8 Å². The van der Waals surface area contributed by atoms with Gasteiger partial charge in [0.1, 0.15) is 17.5 Å². The van der Waals surface area contributed by atoms with Gasteiger partial charge in [0.25, 0.3) is 0 Å².